The quantitative estimate of drug-likeness (QED) is 0.786. The number of ether oxygens (including phenoxy) is 1. The van der Waals surface area contributed by atoms with E-state index in [-0.39, 0.29) is 23.3 Å². The van der Waals surface area contributed by atoms with Crippen LogP contribution in [0.1, 0.15) is 0 Å². The Hall–Kier alpha value is -2.31. The Labute approximate surface area is 136 Å². The number of hydrogen-bond acceptors (Lipinski definition) is 4. The lowest BCUT2D eigenvalue weighted by Crippen LogP contribution is -1.96. The van der Waals surface area contributed by atoms with Gasteiger partial charge in [-0.1, -0.05) is 11.6 Å². The average Bonchev–Trinajstić information content (AvgIpc) is 2.89. The summed E-state index contributed by atoms with van der Waals surface area (Å²) >= 11 is 5.63. The summed E-state index contributed by atoms with van der Waals surface area (Å²) in [6.07, 6.45) is 3.06. The van der Waals surface area contributed by atoms with Gasteiger partial charge in [-0.25, -0.2) is 14.1 Å². The number of nitrogens with zero attached hydrogens (tertiary/aromatic N) is 3. The average molecular weight is 341 g/mol. The van der Waals surface area contributed by atoms with Crippen LogP contribution in [0.2, 0.25) is 5.02 Å². The van der Waals surface area contributed by atoms with Gasteiger partial charge in [0, 0.05) is 18.5 Å². The molecule has 0 radical (unpaired) electrons. The van der Waals surface area contributed by atoms with Gasteiger partial charge in [-0.05, 0) is 30.3 Å². The van der Waals surface area contributed by atoms with E-state index in [0.29, 0.717) is 11.6 Å². The number of nitrogens with two attached hydrogens (primary N) is 1. The van der Waals surface area contributed by atoms with E-state index in [4.69, 9.17) is 22.1 Å². The molecule has 0 saturated heterocycles. The minimum atomic E-state index is -0.619. The fraction of sp³-hybridized carbons (Fsp3) is 0. The van der Waals surface area contributed by atoms with Crippen LogP contribution < -0.4 is 10.5 Å². The van der Waals surface area contributed by atoms with Crippen molar-refractivity contribution in [3.8, 4) is 17.3 Å². The Balaban J connectivity index is 0.00000176. The van der Waals surface area contributed by atoms with E-state index < -0.39 is 5.82 Å². The van der Waals surface area contributed by atoms with E-state index >= 15 is 0 Å². The largest absolute Gasteiger partial charge is 0.436 e. The molecule has 0 aliphatic rings. The second kappa shape index (κ2) is 6.64. The second-order valence-corrected chi connectivity index (χ2v) is 4.66. The van der Waals surface area contributed by atoms with Crippen molar-refractivity contribution in [2.75, 3.05) is 5.73 Å². The van der Waals surface area contributed by atoms with E-state index in [9.17, 15) is 4.39 Å². The SMILES string of the molecule is Cl.Nc1ccn(-c2ccc(Oc3ncc(Cl)cc3F)cc2)n1. The molecular formula is C14H11Cl2FN4O. The number of halogens is 3. The standard InChI is InChI=1S/C14H10ClFN4O.ClH/c15-9-7-12(16)14(18-8-9)21-11-3-1-10(2-4-11)20-6-5-13(17)19-20;/h1-8H,(H2,17,19);1H. The molecule has 0 bridgehead atoms. The molecule has 0 spiro atoms. The molecule has 22 heavy (non-hydrogen) atoms. The van der Waals surface area contributed by atoms with Crippen LogP contribution in [0, 0.1) is 5.82 Å². The summed E-state index contributed by atoms with van der Waals surface area (Å²) < 4.78 is 20.6. The molecule has 8 heteroatoms. The van der Waals surface area contributed by atoms with Gasteiger partial charge in [0.15, 0.2) is 5.82 Å². The summed E-state index contributed by atoms with van der Waals surface area (Å²) in [5.74, 6) is 0.136. The zero-order chi connectivity index (χ0) is 14.8. The summed E-state index contributed by atoms with van der Waals surface area (Å²) in [4.78, 5) is 3.79. The predicted octanol–water partition coefficient (Wildman–Crippen LogP) is 3.86. The monoisotopic (exact) mass is 340 g/mol. The van der Waals surface area contributed by atoms with Gasteiger partial charge in [0.25, 0.3) is 5.88 Å². The number of benzene rings is 1. The van der Waals surface area contributed by atoms with E-state index in [1.54, 1.807) is 41.2 Å². The zero-order valence-electron chi connectivity index (χ0n) is 11.1. The van der Waals surface area contributed by atoms with Crippen LogP contribution in [0.3, 0.4) is 0 Å². The Morgan fingerprint density at radius 1 is 1.18 bits per heavy atom. The Kier molecular flexibility index (Phi) is 4.85. The number of hydrogen-bond donors (Lipinski definition) is 1. The summed E-state index contributed by atoms with van der Waals surface area (Å²) in [6.45, 7) is 0. The smallest absolute Gasteiger partial charge is 0.255 e. The molecule has 3 aromatic rings. The molecule has 2 heterocycles. The third-order valence-electron chi connectivity index (χ3n) is 2.70. The molecule has 114 valence electrons. The maximum absolute atomic E-state index is 13.6. The summed E-state index contributed by atoms with van der Waals surface area (Å²) in [5.41, 5.74) is 6.37. The van der Waals surface area contributed by atoms with Crippen LogP contribution in [0.25, 0.3) is 5.69 Å². The van der Waals surface area contributed by atoms with Crippen molar-refractivity contribution in [3.63, 3.8) is 0 Å². The Bertz CT molecular complexity index is 777. The molecule has 5 nitrogen and oxygen atoms in total. The highest BCUT2D eigenvalue weighted by Crippen LogP contribution is 2.24. The maximum Gasteiger partial charge on any atom is 0.255 e. The first kappa shape index (κ1) is 16.1. The van der Waals surface area contributed by atoms with Crippen molar-refractivity contribution in [2.45, 2.75) is 0 Å². The number of rotatable bonds is 3. The van der Waals surface area contributed by atoms with E-state index in [2.05, 4.69) is 10.1 Å². The van der Waals surface area contributed by atoms with Crippen LogP contribution in [0.15, 0.2) is 48.8 Å². The fourth-order valence-electron chi connectivity index (χ4n) is 1.74. The molecule has 2 N–H and O–H groups in total. The van der Waals surface area contributed by atoms with Crippen LogP contribution in [-0.4, -0.2) is 14.8 Å². The first-order valence-electron chi connectivity index (χ1n) is 6.02. The summed E-state index contributed by atoms with van der Waals surface area (Å²) in [5, 5.41) is 4.30. The lowest BCUT2D eigenvalue weighted by Gasteiger charge is -2.07. The number of aromatic nitrogens is 3. The molecular weight excluding hydrogens is 330 g/mol. The van der Waals surface area contributed by atoms with Crippen LogP contribution in [0.5, 0.6) is 11.6 Å². The van der Waals surface area contributed by atoms with Gasteiger partial charge in [-0.3, -0.25) is 0 Å². The van der Waals surface area contributed by atoms with Gasteiger partial charge < -0.3 is 10.5 Å². The van der Waals surface area contributed by atoms with Crippen molar-refractivity contribution in [3.05, 3.63) is 59.6 Å². The number of pyridine rings is 1. The molecule has 3 rings (SSSR count). The van der Waals surface area contributed by atoms with Crippen molar-refractivity contribution in [1.29, 1.82) is 0 Å². The first-order chi connectivity index (χ1) is 10.1. The summed E-state index contributed by atoms with van der Waals surface area (Å²) in [6, 6.07) is 9.75. The molecule has 0 aliphatic heterocycles. The van der Waals surface area contributed by atoms with Crippen molar-refractivity contribution in [1.82, 2.24) is 14.8 Å². The third kappa shape index (κ3) is 3.47. The van der Waals surface area contributed by atoms with Crippen LogP contribution >= 0.6 is 24.0 Å². The van der Waals surface area contributed by atoms with E-state index in [1.807, 2.05) is 0 Å². The van der Waals surface area contributed by atoms with Crippen LogP contribution in [-0.2, 0) is 0 Å². The van der Waals surface area contributed by atoms with E-state index in [0.717, 1.165) is 11.8 Å². The maximum atomic E-state index is 13.6. The molecule has 0 atom stereocenters. The number of nitrogen functional groups attached to an aromatic ring is 1. The van der Waals surface area contributed by atoms with Gasteiger partial charge >= 0.3 is 0 Å². The third-order valence-corrected chi connectivity index (χ3v) is 2.91. The van der Waals surface area contributed by atoms with Crippen molar-refractivity contribution < 1.29 is 9.13 Å². The highest BCUT2D eigenvalue weighted by atomic mass is 35.5. The molecule has 0 unspecified atom stereocenters. The zero-order valence-corrected chi connectivity index (χ0v) is 12.7. The van der Waals surface area contributed by atoms with E-state index in [1.165, 1.54) is 6.20 Å². The van der Waals surface area contributed by atoms with Gasteiger partial charge in [0.05, 0.1) is 10.7 Å². The normalized spacial score (nSPS) is 10.1. The minimum Gasteiger partial charge on any atom is -0.436 e. The predicted molar refractivity (Wildman–Crippen MR) is 84.5 cm³/mol. The molecule has 0 fully saturated rings. The van der Waals surface area contributed by atoms with Gasteiger partial charge in [0.2, 0.25) is 0 Å². The molecule has 2 aromatic heterocycles. The molecule has 0 amide bonds. The lowest BCUT2D eigenvalue weighted by molar-refractivity contribution is 0.423. The lowest BCUT2D eigenvalue weighted by atomic mass is 10.3. The molecule has 0 aliphatic carbocycles. The molecule has 0 saturated carbocycles. The fourth-order valence-corrected chi connectivity index (χ4v) is 1.88. The highest BCUT2D eigenvalue weighted by molar-refractivity contribution is 6.30. The Morgan fingerprint density at radius 2 is 1.91 bits per heavy atom. The molecule has 1 aromatic carbocycles. The van der Waals surface area contributed by atoms with Crippen molar-refractivity contribution in [2.24, 2.45) is 0 Å². The highest BCUT2D eigenvalue weighted by Gasteiger charge is 2.07. The van der Waals surface area contributed by atoms with Gasteiger partial charge in [0.1, 0.15) is 11.6 Å². The summed E-state index contributed by atoms with van der Waals surface area (Å²) in [7, 11) is 0. The second-order valence-electron chi connectivity index (χ2n) is 4.22. The Morgan fingerprint density at radius 3 is 2.50 bits per heavy atom. The topological polar surface area (TPSA) is 66.0 Å². The number of anilines is 1. The van der Waals surface area contributed by atoms with Crippen molar-refractivity contribution >= 4 is 29.8 Å². The minimum absolute atomic E-state index is 0. The van der Waals surface area contributed by atoms with Crippen LogP contribution in [0.4, 0.5) is 10.2 Å². The van der Waals surface area contributed by atoms with Gasteiger partial charge in [-0.15, -0.1) is 12.4 Å². The van der Waals surface area contributed by atoms with Gasteiger partial charge in [-0.2, -0.15) is 5.10 Å². The first-order valence-corrected chi connectivity index (χ1v) is 6.40.